The van der Waals surface area contributed by atoms with Gasteiger partial charge in [-0.2, -0.15) is 0 Å². The Kier molecular flexibility index (Phi) is 15.8. The van der Waals surface area contributed by atoms with Gasteiger partial charge in [-0.05, 0) is 31.2 Å². The molecule has 3 N–H and O–H groups in total. The van der Waals surface area contributed by atoms with Crippen molar-refractivity contribution >= 4 is 23.5 Å². The van der Waals surface area contributed by atoms with Crippen LogP contribution in [0.3, 0.4) is 0 Å². The molecule has 1 aliphatic heterocycles. The molecular weight excluding hydrogens is 594 g/mol. The minimum Gasteiger partial charge on any atom is -0.385 e. The fourth-order valence-corrected chi connectivity index (χ4v) is 5.05. The van der Waals surface area contributed by atoms with Crippen LogP contribution in [0.4, 0.5) is 0 Å². The number of methoxy groups -OCH3 is 1. The molecule has 1 aromatic carbocycles. The van der Waals surface area contributed by atoms with Crippen molar-refractivity contribution in [2.45, 2.75) is 71.1 Å². The number of amides is 3. The highest BCUT2D eigenvalue weighted by Gasteiger charge is 2.31. The number of nitrogens with zero attached hydrogens (tertiary/aromatic N) is 2. The topological polar surface area (TPSA) is 161 Å². The van der Waals surface area contributed by atoms with E-state index in [9.17, 15) is 19.2 Å². The largest absolute Gasteiger partial charge is 0.385 e. The lowest BCUT2D eigenvalue weighted by Crippen LogP contribution is -2.56. The summed E-state index contributed by atoms with van der Waals surface area (Å²) < 4.78 is 21.3. The van der Waals surface area contributed by atoms with Crippen LogP contribution in [0.25, 0.3) is 0 Å². The molecule has 3 rings (SSSR count). The van der Waals surface area contributed by atoms with E-state index in [1.165, 1.54) is 7.11 Å². The highest BCUT2D eigenvalue weighted by Crippen LogP contribution is 2.12. The van der Waals surface area contributed by atoms with E-state index in [4.69, 9.17) is 18.7 Å². The predicted molar refractivity (Wildman–Crippen MR) is 170 cm³/mol. The number of ketones is 1. The highest BCUT2D eigenvalue weighted by atomic mass is 16.5. The second-order valence-electron chi connectivity index (χ2n) is 11.7. The van der Waals surface area contributed by atoms with E-state index in [-0.39, 0.29) is 49.9 Å². The lowest BCUT2D eigenvalue weighted by Gasteiger charge is -2.26. The Morgan fingerprint density at radius 2 is 1.65 bits per heavy atom. The fraction of sp³-hybridized carbons (Fsp3) is 0.606. The lowest BCUT2D eigenvalue weighted by atomic mass is 9.97. The van der Waals surface area contributed by atoms with Crippen LogP contribution in [0.15, 0.2) is 40.9 Å². The fourth-order valence-electron chi connectivity index (χ4n) is 5.05. The molecule has 0 saturated carbocycles. The minimum absolute atomic E-state index is 0.0409. The van der Waals surface area contributed by atoms with Crippen LogP contribution >= 0.6 is 0 Å². The van der Waals surface area contributed by atoms with Crippen molar-refractivity contribution in [3.05, 3.63) is 53.4 Å². The van der Waals surface area contributed by atoms with Crippen LogP contribution in [0.1, 0.15) is 61.8 Å². The molecule has 46 heavy (non-hydrogen) atoms. The van der Waals surface area contributed by atoms with Crippen LogP contribution in [0.5, 0.6) is 0 Å². The second-order valence-corrected chi connectivity index (χ2v) is 11.7. The van der Waals surface area contributed by atoms with Gasteiger partial charge in [0, 0.05) is 52.3 Å². The van der Waals surface area contributed by atoms with Crippen LogP contribution in [0, 0.1) is 5.92 Å². The van der Waals surface area contributed by atoms with Crippen LogP contribution in [0.2, 0.25) is 0 Å². The van der Waals surface area contributed by atoms with Crippen LogP contribution in [-0.4, -0.2) is 105 Å². The zero-order valence-corrected chi connectivity index (χ0v) is 27.4. The molecule has 0 radical (unpaired) electrons. The van der Waals surface area contributed by atoms with Gasteiger partial charge in [0.05, 0.1) is 32.4 Å². The van der Waals surface area contributed by atoms with E-state index in [1.54, 1.807) is 6.07 Å². The highest BCUT2D eigenvalue weighted by molar-refractivity contribution is 5.98. The number of nitrogens with one attached hydrogen (secondary N) is 3. The summed E-state index contributed by atoms with van der Waals surface area (Å²) in [6, 6.07) is 8.04. The van der Waals surface area contributed by atoms with E-state index in [1.807, 2.05) is 51.1 Å². The molecule has 0 bridgehead atoms. The Balaban J connectivity index is 1.73. The van der Waals surface area contributed by atoms with E-state index < -0.39 is 35.8 Å². The Bertz CT molecular complexity index is 1230. The standard InChI is InChI=1S/C33H49N5O8/c1-5-44-16-12-30(39)27(19-23(2)3)35-32(41)28(20-24-9-7-6-8-10-24)36-31(40)26(11-15-43-4)34-33(42)29-21-25(46-37-29)22-38-13-17-45-18-14-38/h6-10,21,23,26-28H,5,11-20,22H2,1-4H3,(H,34,42)(H,35,41)(H,36,40)/t26?,27?,28-/m0/s1. The number of benzene rings is 1. The van der Waals surface area contributed by atoms with Gasteiger partial charge in [0.2, 0.25) is 11.8 Å². The summed E-state index contributed by atoms with van der Waals surface area (Å²) >= 11 is 0. The third-order valence-electron chi connectivity index (χ3n) is 7.53. The van der Waals surface area contributed by atoms with Gasteiger partial charge in [0.1, 0.15) is 12.1 Å². The van der Waals surface area contributed by atoms with Crippen molar-refractivity contribution in [1.29, 1.82) is 0 Å². The first-order valence-electron chi connectivity index (χ1n) is 16.0. The average molecular weight is 644 g/mol. The number of carbonyl (C=O) groups excluding carboxylic acids is 4. The molecule has 2 unspecified atom stereocenters. The summed E-state index contributed by atoms with van der Waals surface area (Å²) in [5, 5.41) is 12.3. The van der Waals surface area contributed by atoms with Crippen molar-refractivity contribution in [1.82, 2.24) is 26.0 Å². The maximum absolute atomic E-state index is 13.7. The van der Waals surface area contributed by atoms with Crippen LogP contribution < -0.4 is 16.0 Å². The van der Waals surface area contributed by atoms with E-state index in [0.29, 0.717) is 38.5 Å². The molecular formula is C33H49N5O8. The Labute approximate surface area is 271 Å². The molecule has 1 aliphatic rings. The Hall–Kier alpha value is -3.65. The van der Waals surface area contributed by atoms with Crippen molar-refractivity contribution in [3.63, 3.8) is 0 Å². The van der Waals surface area contributed by atoms with Crippen molar-refractivity contribution in [2.24, 2.45) is 5.92 Å². The number of rotatable bonds is 20. The summed E-state index contributed by atoms with van der Waals surface area (Å²) in [5.41, 5.74) is 0.859. The zero-order chi connectivity index (χ0) is 33.3. The minimum atomic E-state index is -1.03. The molecule has 3 atom stereocenters. The number of Topliss-reactive ketones (excluding diaryl/α,β-unsaturated/α-hetero) is 1. The first kappa shape index (κ1) is 36.8. The SMILES string of the molecule is CCOCCC(=O)C(CC(C)C)NC(=O)[C@H](Cc1ccccc1)NC(=O)C(CCOC)NC(=O)c1cc(CN2CCOCC2)on1. The molecule has 0 spiro atoms. The average Bonchev–Trinajstić information content (AvgIpc) is 3.51. The number of carbonyl (C=O) groups is 4. The monoisotopic (exact) mass is 643 g/mol. The Morgan fingerprint density at radius 1 is 0.957 bits per heavy atom. The lowest BCUT2D eigenvalue weighted by molar-refractivity contribution is -0.132. The van der Waals surface area contributed by atoms with Gasteiger partial charge in [0.25, 0.3) is 5.91 Å². The first-order valence-corrected chi connectivity index (χ1v) is 16.0. The molecule has 2 aromatic rings. The molecule has 254 valence electrons. The number of morpholine rings is 1. The Morgan fingerprint density at radius 3 is 2.33 bits per heavy atom. The molecule has 13 nitrogen and oxygen atoms in total. The third-order valence-corrected chi connectivity index (χ3v) is 7.53. The normalized spacial score (nSPS) is 15.6. The number of hydrogen-bond donors (Lipinski definition) is 3. The van der Waals surface area contributed by atoms with Gasteiger partial charge in [-0.15, -0.1) is 0 Å². The molecule has 1 aromatic heterocycles. The van der Waals surface area contributed by atoms with E-state index in [2.05, 4.69) is 26.0 Å². The van der Waals surface area contributed by atoms with E-state index >= 15 is 0 Å². The van der Waals surface area contributed by atoms with Gasteiger partial charge < -0.3 is 34.7 Å². The van der Waals surface area contributed by atoms with Crippen LogP contribution in [-0.2, 0) is 41.6 Å². The summed E-state index contributed by atoms with van der Waals surface area (Å²) in [6.45, 7) is 9.98. The number of aromatic nitrogens is 1. The van der Waals surface area contributed by atoms with Crippen molar-refractivity contribution in [2.75, 3.05) is 53.2 Å². The third kappa shape index (κ3) is 12.6. The molecule has 2 heterocycles. The maximum atomic E-state index is 13.7. The van der Waals surface area contributed by atoms with Gasteiger partial charge in [-0.25, -0.2) is 0 Å². The molecule has 1 fully saturated rings. The van der Waals surface area contributed by atoms with Gasteiger partial charge in [-0.3, -0.25) is 24.1 Å². The zero-order valence-electron chi connectivity index (χ0n) is 27.4. The van der Waals surface area contributed by atoms with Crippen molar-refractivity contribution < 1.29 is 37.9 Å². The second kappa shape index (κ2) is 19.8. The summed E-state index contributed by atoms with van der Waals surface area (Å²) in [7, 11) is 1.50. The molecule has 3 amide bonds. The smallest absolute Gasteiger partial charge is 0.274 e. The maximum Gasteiger partial charge on any atom is 0.274 e. The number of hydrogen-bond acceptors (Lipinski definition) is 10. The van der Waals surface area contributed by atoms with Gasteiger partial charge in [-0.1, -0.05) is 49.3 Å². The molecule has 1 saturated heterocycles. The summed E-state index contributed by atoms with van der Waals surface area (Å²) in [5.74, 6) is -1.12. The first-order chi connectivity index (χ1) is 22.2. The summed E-state index contributed by atoms with van der Waals surface area (Å²) in [4.78, 5) is 55.7. The predicted octanol–water partition coefficient (Wildman–Crippen LogP) is 1.90. The molecule has 0 aliphatic carbocycles. The summed E-state index contributed by atoms with van der Waals surface area (Å²) in [6.07, 6.45) is 0.945. The molecule has 13 heteroatoms. The van der Waals surface area contributed by atoms with E-state index in [0.717, 1.165) is 18.7 Å². The van der Waals surface area contributed by atoms with Gasteiger partial charge in [0.15, 0.2) is 17.2 Å². The number of ether oxygens (including phenoxy) is 3. The van der Waals surface area contributed by atoms with Gasteiger partial charge >= 0.3 is 0 Å². The quantitative estimate of drug-likeness (QED) is 0.182. The van der Waals surface area contributed by atoms with Crippen molar-refractivity contribution in [3.8, 4) is 0 Å².